The van der Waals surface area contributed by atoms with Gasteiger partial charge in [-0.1, -0.05) is 48.5 Å². The van der Waals surface area contributed by atoms with Crippen LogP contribution in [-0.4, -0.2) is 40.2 Å². The Kier molecular flexibility index (Phi) is 7.37. The van der Waals surface area contributed by atoms with Crippen molar-refractivity contribution < 1.29 is 19.1 Å². The summed E-state index contributed by atoms with van der Waals surface area (Å²) in [6.45, 7) is 5.37. The molecule has 1 heterocycles. The molecule has 0 saturated heterocycles. The fourth-order valence-corrected chi connectivity index (χ4v) is 3.49. The molecule has 8 heteroatoms. The number of aromatic nitrogens is 1. The van der Waals surface area contributed by atoms with Gasteiger partial charge in [0, 0.05) is 18.1 Å². The molecule has 8 nitrogen and oxygen atoms in total. The van der Waals surface area contributed by atoms with Gasteiger partial charge < -0.3 is 25.7 Å². The zero-order valence-electron chi connectivity index (χ0n) is 19.1. The molecule has 33 heavy (non-hydrogen) atoms. The van der Waals surface area contributed by atoms with Crippen molar-refractivity contribution in [3.8, 4) is 0 Å². The summed E-state index contributed by atoms with van der Waals surface area (Å²) in [6.07, 6.45) is 1.36. The SMILES string of the molecule is CC(C)(C)OC(=O)N[C@@H](Cn1ccc2ccccc21)C(=O)N[C@@H](Cc1ccccc1)C(N)=O. The smallest absolute Gasteiger partial charge is 0.408 e. The number of rotatable bonds is 8. The predicted octanol–water partition coefficient (Wildman–Crippen LogP) is 2.75. The van der Waals surface area contributed by atoms with Crippen molar-refractivity contribution in [2.24, 2.45) is 5.73 Å². The number of nitrogens with two attached hydrogens (primary N) is 1. The first-order chi connectivity index (χ1) is 15.6. The average Bonchev–Trinajstić information content (AvgIpc) is 3.15. The highest BCUT2D eigenvalue weighted by Crippen LogP contribution is 2.16. The van der Waals surface area contributed by atoms with Gasteiger partial charge in [-0.3, -0.25) is 9.59 Å². The minimum Gasteiger partial charge on any atom is -0.444 e. The molecule has 0 bridgehead atoms. The van der Waals surface area contributed by atoms with Crippen molar-refractivity contribution in [2.45, 2.75) is 51.4 Å². The van der Waals surface area contributed by atoms with Gasteiger partial charge in [-0.15, -0.1) is 0 Å². The molecule has 0 spiro atoms. The second-order valence-corrected chi connectivity index (χ2v) is 8.88. The lowest BCUT2D eigenvalue weighted by atomic mass is 10.0. The van der Waals surface area contributed by atoms with Gasteiger partial charge in [0.05, 0.1) is 6.54 Å². The fourth-order valence-electron chi connectivity index (χ4n) is 3.49. The Morgan fingerprint density at radius 2 is 1.61 bits per heavy atom. The quantitative estimate of drug-likeness (QED) is 0.489. The summed E-state index contributed by atoms with van der Waals surface area (Å²) >= 11 is 0. The second kappa shape index (κ2) is 10.2. The van der Waals surface area contributed by atoms with Gasteiger partial charge in [-0.25, -0.2) is 4.79 Å². The Bertz CT molecular complexity index is 1120. The van der Waals surface area contributed by atoms with Crippen LogP contribution < -0.4 is 16.4 Å². The van der Waals surface area contributed by atoms with Crippen LogP contribution in [0, 0.1) is 0 Å². The van der Waals surface area contributed by atoms with Gasteiger partial charge in [0.25, 0.3) is 0 Å². The van der Waals surface area contributed by atoms with Crippen molar-refractivity contribution >= 4 is 28.8 Å². The first-order valence-electron chi connectivity index (χ1n) is 10.8. The summed E-state index contributed by atoms with van der Waals surface area (Å²) in [6, 6.07) is 17.0. The normalized spacial score (nSPS) is 13.2. The molecule has 4 N–H and O–H groups in total. The summed E-state index contributed by atoms with van der Waals surface area (Å²) in [5.74, 6) is -1.19. The lowest BCUT2D eigenvalue weighted by Crippen LogP contribution is -2.55. The van der Waals surface area contributed by atoms with Crippen LogP contribution in [0.25, 0.3) is 10.9 Å². The van der Waals surface area contributed by atoms with Crippen LogP contribution in [0.5, 0.6) is 0 Å². The molecular formula is C25H30N4O4. The van der Waals surface area contributed by atoms with E-state index in [0.29, 0.717) is 0 Å². The van der Waals surface area contributed by atoms with Crippen molar-refractivity contribution in [1.29, 1.82) is 0 Å². The lowest BCUT2D eigenvalue weighted by Gasteiger charge is -2.25. The Morgan fingerprint density at radius 1 is 0.939 bits per heavy atom. The van der Waals surface area contributed by atoms with Crippen molar-refractivity contribution in [3.63, 3.8) is 0 Å². The van der Waals surface area contributed by atoms with Crippen LogP contribution in [0.1, 0.15) is 26.3 Å². The highest BCUT2D eigenvalue weighted by atomic mass is 16.6. The van der Waals surface area contributed by atoms with Crippen LogP contribution >= 0.6 is 0 Å². The van der Waals surface area contributed by atoms with E-state index in [1.165, 1.54) is 0 Å². The van der Waals surface area contributed by atoms with Gasteiger partial charge in [0.2, 0.25) is 11.8 Å². The summed E-state index contributed by atoms with van der Waals surface area (Å²) in [7, 11) is 0. The Morgan fingerprint density at radius 3 is 2.27 bits per heavy atom. The molecule has 1 aromatic heterocycles. The highest BCUT2D eigenvalue weighted by molar-refractivity contribution is 5.91. The largest absolute Gasteiger partial charge is 0.444 e. The predicted molar refractivity (Wildman–Crippen MR) is 126 cm³/mol. The Labute approximate surface area is 193 Å². The van der Waals surface area contributed by atoms with Gasteiger partial charge in [0.1, 0.15) is 17.7 Å². The molecule has 3 aromatic rings. The monoisotopic (exact) mass is 450 g/mol. The maximum atomic E-state index is 13.2. The van der Waals surface area contributed by atoms with Crippen LogP contribution in [0.4, 0.5) is 4.79 Å². The highest BCUT2D eigenvalue weighted by Gasteiger charge is 2.28. The molecule has 0 fully saturated rings. The second-order valence-electron chi connectivity index (χ2n) is 8.88. The van der Waals surface area contributed by atoms with E-state index >= 15 is 0 Å². The van der Waals surface area contributed by atoms with Gasteiger partial charge in [-0.2, -0.15) is 0 Å². The van der Waals surface area contributed by atoms with Gasteiger partial charge >= 0.3 is 6.09 Å². The number of carbonyl (C=O) groups is 3. The third kappa shape index (κ3) is 6.83. The third-order valence-electron chi connectivity index (χ3n) is 5.01. The van der Waals surface area contributed by atoms with Crippen LogP contribution in [0.2, 0.25) is 0 Å². The molecule has 0 aliphatic rings. The minimum atomic E-state index is -0.992. The number of alkyl carbamates (subject to hydrolysis) is 1. The van der Waals surface area contributed by atoms with Crippen molar-refractivity contribution in [3.05, 3.63) is 72.4 Å². The topological polar surface area (TPSA) is 115 Å². The van der Waals surface area contributed by atoms with E-state index in [1.54, 1.807) is 20.8 Å². The number of hydrogen-bond donors (Lipinski definition) is 3. The molecule has 2 aromatic carbocycles. The number of primary amides is 1. The number of nitrogens with zero attached hydrogens (tertiary/aromatic N) is 1. The van der Waals surface area contributed by atoms with Crippen LogP contribution in [0.3, 0.4) is 0 Å². The first-order valence-corrected chi connectivity index (χ1v) is 10.8. The molecule has 3 rings (SSSR count). The van der Waals surface area contributed by atoms with E-state index in [4.69, 9.17) is 10.5 Å². The van der Waals surface area contributed by atoms with E-state index in [2.05, 4.69) is 10.6 Å². The van der Waals surface area contributed by atoms with Crippen LogP contribution in [0.15, 0.2) is 66.9 Å². The standard InChI is InChI=1S/C25H30N4O4/c1-25(2,3)33-24(32)28-20(16-29-14-13-18-11-7-8-12-21(18)29)23(31)27-19(22(26)30)15-17-9-5-4-6-10-17/h4-14,19-20H,15-16H2,1-3H3,(H2,26,30)(H,27,31)(H,28,32)/t19-,20-/m0/s1. The van der Waals surface area contributed by atoms with E-state index in [0.717, 1.165) is 16.5 Å². The van der Waals surface area contributed by atoms with Crippen molar-refractivity contribution in [2.75, 3.05) is 0 Å². The van der Waals surface area contributed by atoms with Crippen molar-refractivity contribution in [1.82, 2.24) is 15.2 Å². The number of benzene rings is 2. The number of ether oxygens (including phenoxy) is 1. The molecule has 0 aliphatic carbocycles. The fraction of sp³-hybridized carbons (Fsp3) is 0.320. The zero-order chi connectivity index (χ0) is 24.0. The molecule has 2 atom stereocenters. The number of hydrogen-bond acceptors (Lipinski definition) is 4. The first kappa shape index (κ1) is 23.8. The molecule has 0 unspecified atom stereocenters. The van der Waals surface area contributed by atoms with Gasteiger partial charge in [-0.05, 0) is 43.9 Å². The number of amides is 3. The molecular weight excluding hydrogens is 420 g/mol. The summed E-state index contributed by atoms with van der Waals surface area (Å²) in [5.41, 5.74) is 6.60. The van der Waals surface area contributed by atoms with E-state index in [-0.39, 0.29) is 13.0 Å². The molecule has 0 saturated carbocycles. The van der Waals surface area contributed by atoms with Gasteiger partial charge in [0.15, 0.2) is 0 Å². The molecule has 3 amide bonds. The summed E-state index contributed by atoms with van der Waals surface area (Å²) in [5, 5.41) is 6.34. The van der Waals surface area contributed by atoms with E-state index < -0.39 is 35.6 Å². The number of carbonyl (C=O) groups excluding carboxylic acids is 3. The number of para-hydroxylation sites is 1. The number of nitrogens with one attached hydrogen (secondary N) is 2. The zero-order valence-corrected chi connectivity index (χ0v) is 19.1. The van der Waals surface area contributed by atoms with Crippen LogP contribution in [-0.2, 0) is 27.3 Å². The van der Waals surface area contributed by atoms with E-state index in [1.807, 2.05) is 71.4 Å². The minimum absolute atomic E-state index is 0.148. The summed E-state index contributed by atoms with van der Waals surface area (Å²) in [4.78, 5) is 37.7. The Balaban J connectivity index is 1.81. The maximum absolute atomic E-state index is 13.2. The van der Waals surface area contributed by atoms with E-state index in [9.17, 15) is 14.4 Å². The summed E-state index contributed by atoms with van der Waals surface area (Å²) < 4.78 is 7.21. The molecule has 174 valence electrons. The third-order valence-corrected chi connectivity index (χ3v) is 5.01. The lowest BCUT2D eigenvalue weighted by molar-refractivity contribution is -0.128. The Hall–Kier alpha value is -3.81. The molecule has 0 radical (unpaired) electrons. The number of fused-ring (bicyclic) bond motifs is 1. The maximum Gasteiger partial charge on any atom is 0.408 e. The molecule has 0 aliphatic heterocycles. The average molecular weight is 451 g/mol.